The molecule has 0 aromatic carbocycles. The lowest BCUT2D eigenvalue weighted by Crippen LogP contribution is -2.62. The number of carbonyl (C=O) groups excluding carboxylic acids is 1. The molecular formula is C17H32N2O2. The minimum atomic E-state index is -0.0718. The van der Waals surface area contributed by atoms with Crippen LogP contribution < -0.4 is 5.32 Å². The zero-order valence-corrected chi connectivity index (χ0v) is 14.1. The standard InChI is InChI=1S/C17H32N2O2/c1-5-9-18-13-10-14-7-6-8-15(11-13)19(14)16(12(2)3)17(20)21-4/h12-16,18H,5-11H2,1-4H3. The van der Waals surface area contributed by atoms with Gasteiger partial charge in [0.15, 0.2) is 0 Å². The third kappa shape index (κ3) is 3.78. The van der Waals surface area contributed by atoms with Gasteiger partial charge in [-0.05, 0) is 44.6 Å². The lowest BCUT2D eigenvalue weighted by atomic mass is 9.79. The Labute approximate surface area is 129 Å². The van der Waals surface area contributed by atoms with E-state index >= 15 is 0 Å². The summed E-state index contributed by atoms with van der Waals surface area (Å²) in [7, 11) is 1.52. The van der Waals surface area contributed by atoms with Crippen molar-refractivity contribution in [2.24, 2.45) is 5.92 Å². The number of esters is 1. The summed E-state index contributed by atoms with van der Waals surface area (Å²) in [4.78, 5) is 14.8. The second kappa shape index (κ2) is 7.59. The molecule has 4 heteroatoms. The molecule has 122 valence electrons. The van der Waals surface area contributed by atoms with Crippen LogP contribution in [0.4, 0.5) is 0 Å². The van der Waals surface area contributed by atoms with Gasteiger partial charge in [-0.15, -0.1) is 0 Å². The highest BCUT2D eigenvalue weighted by molar-refractivity contribution is 5.76. The summed E-state index contributed by atoms with van der Waals surface area (Å²) in [6, 6.07) is 1.64. The molecule has 3 atom stereocenters. The molecule has 2 rings (SSSR count). The van der Waals surface area contributed by atoms with Gasteiger partial charge in [-0.2, -0.15) is 0 Å². The Morgan fingerprint density at radius 3 is 2.38 bits per heavy atom. The largest absolute Gasteiger partial charge is 0.468 e. The van der Waals surface area contributed by atoms with Crippen LogP contribution in [0.2, 0.25) is 0 Å². The van der Waals surface area contributed by atoms with Crippen molar-refractivity contribution in [3.63, 3.8) is 0 Å². The van der Waals surface area contributed by atoms with E-state index in [1.54, 1.807) is 0 Å². The van der Waals surface area contributed by atoms with Gasteiger partial charge in [-0.1, -0.05) is 27.2 Å². The number of hydrogen-bond acceptors (Lipinski definition) is 4. The summed E-state index contributed by atoms with van der Waals surface area (Å²) in [6.07, 6.45) is 7.29. The first kappa shape index (κ1) is 16.8. The van der Waals surface area contributed by atoms with Crippen LogP contribution in [0.5, 0.6) is 0 Å². The third-order valence-electron chi connectivity index (χ3n) is 5.11. The summed E-state index contributed by atoms with van der Waals surface area (Å²) in [6.45, 7) is 7.60. The minimum absolute atomic E-state index is 0.0538. The van der Waals surface area contributed by atoms with Gasteiger partial charge in [-0.25, -0.2) is 0 Å². The highest BCUT2D eigenvalue weighted by Gasteiger charge is 2.44. The molecule has 0 aromatic rings. The van der Waals surface area contributed by atoms with Crippen molar-refractivity contribution in [2.75, 3.05) is 13.7 Å². The molecule has 1 N–H and O–H groups in total. The van der Waals surface area contributed by atoms with Gasteiger partial charge in [0.05, 0.1) is 7.11 Å². The van der Waals surface area contributed by atoms with Crippen LogP contribution in [0, 0.1) is 5.92 Å². The molecule has 2 aliphatic heterocycles. The summed E-state index contributed by atoms with van der Waals surface area (Å²) in [5.74, 6) is 0.252. The molecule has 2 saturated heterocycles. The van der Waals surface area contributed by atoms with Gasteiger partial charge >= 0.3 is 5.97 Å². The van der Waals surface area contributed by atoms with E-state index in [0.717, 1.165) is 6.54 Å². The topological polar surface area (TPSA) is 41.6 Å². The molecular weight excluding hydrogens is 264 g/mol. The quantitative estimate of drug-likeness (QED) is 0.765. The zero-order valence-electron chi connectivity index (χ0n) is 14.1. The first-order valence-electron chi connectivity index (χ1n) is 8.67. The monoisotopic (exact) mass is 296 g/mol. The smallest absolute Gasteiger partial charge is 0.323 e. The van der Waals surface area contributed by atoms with Gasteiger partial charge in [0.1, 0.15) is 6.04 Å². The maximum atomic E-state index is 12.3. The van der Waals surface area contributed by atoms with E-state index in [0.29, 0.717) is 24.0 Å². The summed E-state index contributed by atoms with van der Waals surface area (Å²) in [5.41, 5.74) is 0. The second-order valence-electron chi connectivity index (χ2n) is 7.02. The Bertz CT molecular complexity index is 332. The molecule has 0 aromatic heterocycles. The lowest BCUT2D eigenvalue weighted by Gasteiger charge is -2.52. The van der Waals surface area contributed by atoms with E-state index in [9.17, 15) is 4.79 Å². The summed E-state index contributed by atoms with van der Waals surface area (Å²) in [5, 5.41) is 3.69. The van der Waals surface area contributed by atoms with E-state index in [-0.39, 0.29) is 12.0 Å². The van der Waals surface area contributed by atoms with Crippen LogP contribution >= 0.6 is 0 Å². The first-order valence-corrected chi connectivity index (χ1v) is 8.67. The molecule has 0 aliphatic carbocycles. The van der Waals surface area contributed by atoms with Crippen molar-refractivity contribution in [1.82, 2.24) is 10.2 Å². The molecule has 0 saturated carbocycles. The summed E-state index contributed by atoms with van der Waals surface area (Å²) < 4.78 is 5.09. The predicted octanol–water partition coefficient (Wildman–Crippen LogP) is 2.57. The van der Waals surface area contributed by atoms with Crippen LogP contribution in [-0.2, 0) is 9.53 Å². The average molecular weight is 296 g/mol. The fraction of sp³-hybridized carbons (Fsp3) is 0.941. The molecule has 4 nitrogen and oxygen atoms in total. The molecule has 0 amide bonds. The Morgan fingerprint density at radius 1 is 1.29 bits per heavy atom. The molecule has 2 fully saturated rings. The predicted molar refractivity (Wildman–Crippen MR) is 85.2 cm³/mol. The number of fused-ring (bicyclic) bond motifs is 2. The SMILES string of the molecule is CCCNC1CC2CCCC(C1)N2C(C(=O)OC)C(C)C. The molecule has 2 heterocycles. The number of nitrogens with one attached hydrogen (secondary N) is 1. The van der Waals surface area contributed by atoms with Crippen molar-refractivity contribution in [3.8, 4) is 0 Å². The number of carbonyl (C=O) groups is 1. The van der Waals surface area contributed by atoms with Gasteiger partial charge in [0, 0.05) is 18.1 Å². The fourth-order valence-corrected chi connectivity index (χ4v) is 4.25. The van der Waals surface area contributed by atoms with Crippen molar-refractivity contribution < 1.29 is 9.53 Å². The van der Waals surface area contributed by atoms with Gasteiger partial charge in [-0.3, -0.25) is 9.69 Å². The van der Waals surface area contributed by atoms with E-state index in [1.165, 1.54) is 45.6 Å². The first-order chi connectivity index (χ1) is 10.1. The van der Waals surface area contributed by atoms with Gasteiger partial charge < -0.3 is 10.1 Å². The maximum Gasteiger partial charge on any atom is 0.323 e. The van der Waals surface area contributed by atoms with Crippen LogP contribution in [0.3, 0.4) is 0 Å². The highest BCUT2D eigenvalue weighted by Crippen LogP contribution is 2.37. The van der Waals surface area contributed by atoms with Crippen LogP contribution in [0.25, 0.3) is 0 Å². The lowest BCUT2D eigenvalue weighted by molar-refractivity contribution is -0.155. The van der Waals surface area contributed by atoms with Crippen LogP contribution in [-0.4, -0.2) is 48.7 Å². The Balaban J connectivity index is 2.11. The second-order valence-corrected chi connectivity index (χ2v) is 7.02. The highest BCUT2D eigenvalue weighted by atomic mass is 16.5. The molecule has 0 radical (unpaired) electrons. The van der Waals surface area contributed by atoms with E-state index in [1.807, 2.05) is 0 Å². The van der Waals surface area contributed by atoms with Crippen LogP contribution in [0.15, 0.2) is 0 Å². The Hall–Kier alpha value is -0.610. The molecule has 2 aliphatic rings. The number of hydrogen-bond donors (Lipinski definition) is 1. The number of ether oxygens (including phenoxy) is 1. The average Bonchev–Trinajstić information content (AvgIpc) is 2.44. The minimum Gasteiger partial charge on any atom is -0.468 e. The zero-order chi connectivity index (χ0) is 15.4. The van der Waals surface area contributed by atoms with Crippen molar-refractivity contribution in [2.45, 2.75) is 83.5 Å². The molecule has 21 heavy (non-hydrogen) atoms. The van der Waals surface area contributed by atoms with Crippen molar-refractivity contribution in [3.05, 3.63) is 0 Å². The van der Waals surface area contributed by atoms with E-state index in [2.05, 4.69) is 31.0 Å². The van der Waals surface area contributed by atoms with Crippen molar-refractivity contribution >= 4 is 5.97 Å². The number of rotatable bonds is 6. The number of methoxy groups -OCH3 is 1. The Kier molecular flexibility index (Phi) is 6.06. The Morgan fingerprint density at radius 2 is 1.90 bits per heavy atom. The van der Waals surface area contributed by atoms with Crippen molar-refractivity contribution in [1.29, 1.82) is 0 Å². The number of piperidine rings is 2. The van der Waals surface area contributed by atoms with E-state index < -0.39 is 0 Å². The maximum absolute atomic E-state index is 12.3. The van der Waals surface area contributed by atoms with Crippen LogP contribution in [0.1, 0.15) is 59.3 Å². The number of nitrogens with zero attached hydrogens (tertiary/aromatic N) is 1. The van der Waals surface area contributed by atoms with Gasteiger partial charge in [0.25, 0.3) is 0 Å². The van der Waals surface area contributed by atoms with Gasteiger partial charge in [0.2, 0.25) is 0 Å². The molecule has 0 spiro atoms. The molecule has 3 unspecified atom stereocenters. The van der Waals surface area contributed by atoms with E-state index in [4.69, 9.17) is 4.74 Å². The third-order valence-corrected chi connectivity index (χ3v) is 5.11. The molecule has 2 bridgehead atoms. The fourth-order valence-electron chi connectivity index (χ4n) is 4.25. The normalized spacial score (nSPS) is 31.2. The summed E-state index contributed by atoms with van der Waals surface area (Å²) >= 11 is 0.